The molecule has 1 aromatic heterocycles. The van der Waals surface area contributed by atoms with Gasteiger partial charge in [-0.3, -0.25) is 0 Å². The van der Waals surface area contributed by atoms with Gasteiger partial charge in [0.15, 0.2) is 0 Å². The summed E-state index contributed by atoms with van der Waals surface area (Å²) >= 11 is 1.80. The lowest BCUT2D eigenvalue weighted by atomic mass is 9.98. The van der Waals surface area contributed by atoms with Crippen molar-refractivity contribution in [3.05, 3.63) is 51.5 Å². The molecule has 3 rings (SSSR count). The molecular formula is C16H18FNOS. The van der Waals surface area contributed by atoms with Crippen molar-refractivity contribution >= 4 is 17.0 Å². The molecule has 2 nitrogen and oxygen atoms in total. The topological polar surface area (TPSA) is 23.5 Å². The Morgan fingerprint density at radius 3 is 2.95 bits per heavy atom. The molecule has 0 amide bonds. The zero-order valence-corrected chi connectivity index (χ0v) is 12.5. The highest BCUT2D eigenvalue weighted by atomic mass is 32.1. The number of hydrogen-bond acceptors (Lipinski definition) is 3. The molecule has 4 heteroatoms. The smallest absolute Gasteiger partial charge is 0.123 e. The minimum Gasteiger partial charge on any atom is -0.389 e. The van der Waals surface area contributed by atoms with Gasteiger partial charge < -0.3 is 10.0 Å². The summed E-state index contributed by atoms with van der Waals surface area (Å²) in [6, 6.07) is 7.12. The summed E-state index contributed by atoms with van der Waals surface area (Å²) < 4.78 is 13.4. The lowest BCUT2D eigenvalue weighted by Crippen LogP contribution is -2.34. The molecule has 0 radical (unpaired) electrons. The summed E-state index contributed by atoms with van der Waals surface area (Å²) in [6.45, 7) is 4.75. The Morgan fingerprint density at radius 2 is 2.20 bits per heavy atom. The molecule has 0 spiro atoms. The highest BCUT2D eigenvalue weighted by Gasteiger charge is 2.27. The average Bonchev–Trinajstić information content (AvgIpc) is 2.89. The first-order chi connectivity index (χ1) is 9.58. The molecule has 0 saturated heterocycles. The van der Waals surface area contributed by atoms with Crippen LogP contribution in [0.4, 0.5) is 10.1 Å². The van der Waals surface area contributed by atoms with Gasteiger partial charge in [0.25, 0.3) is 0 Å². The number of fused-ring (bicyclic) bond motifs is 1. The molecule has 0 bridgehead atoms. The molecule has 2 aromatic rings. The zero-order valence-electron chi connectivity index (χ0n) is 11.6. The van der Waals surface area contributed by atoms with Crippen LogP contribution < -0.4 is 4.90 Å². The van der Waals surface area contributed by atoms with Crippen LogP contribution in [0.15, 0.2) is 29.6 Å². The van der Waals surface area contributed by atoms with Crippen LogP contribution >= 0.6 is 11.3 Å². The van der Waals surface area contributed by atoms with E-state index in [9.17, 15) is 9.50 Å². The molecule has 1 aliphatic heterocycles. The van der Waals surface area contributed by atoms with Crippen LogP contribution in [0, 0.1) is 5.82 Å². The van der Waals surface area contributed by atoms with Crippen LogP contribution in [0.5, 0.6) is 0 Å². The van der Waals surface area contributed by atoms with Gasteiger partial charge in [0.1, 0.15) is 5.82 Å². The highest BCUT2D eigenvalue weighted by Crippen LogP contribution is 2.38. The van der Waals surface area contributed by atoms with Crippen LogP contribution in [0.25, 0.3) is 0 Å². The number of anilines is 1. The maximum absolute atomic E-state index is 13.4. The summed E-state index contributed by atoms with van der Waals surface area (Å²) in [4.78, 5) is 3.70. The van der Waals surface area contributed by atoms with Crippen LogP contribution in [0.3, 0.4) is 0 Å². The van der Waals surface area contributed by atoms with Gasteiger partial charge in [-0.15, -0.1) is 11.3 Å². The molecular weight excluding hydrogens is 273 g/mol. The van der Waals surface area contributed by atoms with Crippen molar-refractivity contribution in [3.63, 3.8) is 0 Å². The number of hydrogen-bond donors (Lipinski definition) is 1. The standard InChI is InChI=1S/C16H18FNOS/c1-10-13-6-8-20-16(13)5-7-18(10)15-4-3-12(17)9-14(15)11(2)19/h3-4,6,8-11,19H,5,7H2,1-2H3/t10?,11-/m1/s1. The van der Waals surface area contributed by atoms with E-state index < -0.39 is 6.10 Å². The fraction of sp³-hybridized carbons (Fsp3) is 0.375. The van der Waals surface area contributed by atoms with Gasteiger partial charge in [-0.25, -0.2) is 4.39 Å². The third kappa shape index (κ3) is 2.23. The van der Waals surface area contributed by atoms with E-state index in [0.717, 1.165) is 18.7 Å². The Hall–Kier alpha value is -1.39. The molecule has 1 N–H and O–H groups in total. The molecule has 0 fully saturated rings. The second-order valence-electron chi connectivity index (χ2n) is 5.30. The maximum Gasteiger partial charge on any atom is 0.123 e. The van der Waals surface area contributed by atoms with Gasteiger partial charge in [-0.05, 0) is 55.5 Å². The van der Waals surface area contributed by atoms with Crippen molar-refractivity contribution in [1.29, 1.82) is 0 Å². The van der Waals surface area contributed by atoms with Gasteiger partial charge in [0.2, 0.25) is 0 Å². The van der Waals surface area contributed by atoms with Crippen LogP contribution in [-0.2, 0) is 6.42 Å². The van der Waals surface area contributed by atoms with E-state index in [0.29, 0.717) is 5.56 Å². The predicted octanol–water partition coefficient (Wildman–Crippen LogP) is 4.06. The van der Waals surface area contributed by atoms with Gasteiger partial charge in [-0.1, -0.05) is 0 Å². The normalized spacial score (nSPS) is 19.8. The lowest BCUT2D eigenvalue weighted by molar-refractivity contribution is 0.199. The average molecular weight is 291 g/mol. The summed E-state index contributed by atoms with van der Waals surface area (Å²) in [6.07, 6.45) is 0.338. The Kier molecular flexibility index (Phi) is 3.52. The number of benzene rings is 1. The molecule has 20 heavy (non-hydrogen) atoms. The molecule has 2 heterocycles. The number of nitrogens with zero attached hydrogens (tertiary/aromatic N) is 1. The molecule has 1 unspecified atom stereocenters. The van der Waals surface area contributed by atoms with Crippen LogP contribution in [0.2, 0.25) is 0 Å². The molecule has 106 valence electrons. The minimum atomic E-state index is -0.670. The number of aliphatic hydroxyl groups excluding tert-OH is 1. The van der Waals surface area contributed by atoms with Gasteiger partial charge in [-0.2, -0.15) is 0 Å². The van der Waals surface area contributed by atoms with Crippen molar-refractivity contribution in [1.82, 2.24) is 0 Å². The highest BCUT2D eigenvalue weighted by molar-refractivity contribution is 7.10. The Balaban J connectivity index is 2.02. The van der Waals surface area contributed by atoms with E-state index in [-0.39, 0.29) is 11.9 Å². The SMILES string of the molecule is CC1c2ccsc2CCN1c1ccc(F)cc1[C@@H](C)O. The summed E-state index contributed by atoms with van der Waals surface area (Å²) in [5.74, 6) is -0.300. The predicted molar refractivity (Wildman–Crippen MR) is 80.8 cm³/mol. The molecule has 0 aliphatic carbocycles. The van der Waals surface area contributed by atoms with Gasteiger partial charge in [0, 0.05) is 22.7 Å². The summed E-state index contributed by atoms with van der Waals surface area (Å²) in [5, 5.41) is 12.0. The summed E-state index contributed by atoms with van der Waals surface area (Å²) in [7, 11) is 0. The summed E-state index contributed by atoms with van der Waals surface area (Å²) in [5.41, 5.74) is 2.95. The van der Waals surface area contributed by atoms with Crippen molar-refractivity contribution in [3.8, 4) is 0 Å². The van der Waals surface area contributed by atoms with E-state index in [4.69, 9.17) is 0 Å². The Bertz CT molecular complexity index is 623. The van der Waals surface area contributed by atoms with Crippen molar-refractivity contribution < 1.29 is 9.50 Å². The van der Waals surface area contributed by atoms with E-state index in [1.54, 1.807) is 24.3 Å². The first-order valence-corrected chi connectivity index (χ1v) is 7.76. The van der Waals surface area contributed by atoms with E-state index in [1.165, 1.54) is 22.6 Å². The quantitative estimate of drug-likeness (QED) is 0.902. The third-order valence-corrected chi connectivity index (χ3v) is 5.02. The zero-order chi connectivity index (χ0) is 14.3. The van der Waals surface area contributed by atoms with Crippen molar-refractivity contribution in [2.45, 2.75) is 32.4 Å². The first-order valence-electron chi connectivity index (χ1n) is 6.88. The number of halogens is 1. The fourth-order valence-corrected chi connectivity index (χ4v) is 3.92. The minimum absolute atomic E-state index is 0.257. The number of thiophene rings is 1. The second-order valence-corrected chi connectivity index (χ2v) is 6.30. The van der Waals surface area contributed by atoms with E-state index in [2.05, 4.69) is 23.3 Å². The van der Waals surface area contributed by atoms with Gasteiger partial charge >= 0.3 is 0 Å². The lowest BCUT2D eigenvalue weighted by Gasteiger charge is -2.37. The van der Waals surface area contributed by atoms with Crippen LogP contribution in [-0.4, -0.2) is 11.7 Å². The first kappa shape index (κ1) is 13.6. The van der Waals surface area contributed by atoms with Gasteiger partial charge in [0.05, 0.1) is 12.1 Å². The largest absolute Gasteiger partial charge is 0.389 e. The second kappa shape index (κ2) is 5.19. The number of rotatable bonds is 2. The molecule has 1 aromatic carbocycles. The van der Waals surface area contributed by atoms with E-state index in [1.807, 2.05) is 0 Å². The molecule has 0 saturated carbocycles. The van der Waals surface area contributed by atoms with Crippen molar-refractivity contribution in [2.75, 3.05) is 11.4 Å². The number of aliphatic hydroxyl groups is 1. The van der Waals surface area contributed by atoms with Crippen LogP contribution in [0.1, 0.15) is 42.0 Å². The Labute approximate surface area is 122 Å². The van der Waals surface area contributed by atoms with Crippen molar-refractivity contribution in [2.24, 2.45) is 0 Å². The molecule has 2 atom stereocenters. The van der Waals surface area contributed by atoms with E-state index >= 15 is 0 Å². The maximum atomic E-state index is 13.4. The Morgan fingerprint density at radius 1 is 1.40 bits per heavy atom. The monoisotopic (exact) mass is 291 g/mol. The third-order valence-electron chi connectivity index (χ3n) is 4.03. The molecule has 1 aliphatic rings. The fourth-order valence-electron chi connectivity index (χ4n) is 2.96.